The zero-order valence-electron chi connectivity index (χ0n) is 16.3. The van der Waals surface area contributed by atoms with Gasteiger partial charge in [-0.05, 0) is 30.2 Å². The topological polar surface area (TPSA) is 68.3 Å². The minimum absolute atomic E-state index is 0.0586. The van der Waals surface area contributed by atoms with Crippen LogP contribution < -0.4 is 5.32 Å². The minimum Gasteiger partial charge on any atom is -0.452 e. The van der Waals surface area contributed by atoms with Gasteiger partial charge in [0.25, 0.3) is 5.91 Å². The monoisotopic (exact) mass is 416 g/mol. The molecule has 1 amide bonds. The average molecular weight is 416 g/mol. The van der Waals surface area contributed by atoms with Crippen LogP contribution in [0, 0.1) is 0 Å². The number of aromatic nitrogens is 1. The fourth-order valence-corrected chi connectivity index (χ4v) is 2.89. The number of pyridine rings is 1. The molecule has 0 spiro atoms. The van der Waals surface area contributed by atoms with Crippen molar-refractivity contribution < 1.29 is 27.5 Å². The molecule has 0 fully saturated rings. The van der Waals surface area contributed by atoms with E-state index < -0.39 is 35.9 Å². The molecule has 0 bridgehead atoms. The summed E-state index contributed by atoms with van der Waals surface area (Å²) < 4.78 is 44.2. The summed E-state index contributed by atoms with van der Waals surface area (Å²) in [6.45, 7) is 3.13. The van der Waals surface area contributed by atoms with E-state index in [4.69, 9.17) is 4.74 Å². The second-order valence-electron chi connectivity index (χ2n) is 6.93. The average Bonchev–Trinajstić information content (AvgIpc) is 2.70. The maximum atomic E-state index is 13.0. The number of fused-ring (bicyclic) bond motifs is 1. The maximum absolute atomic E-state index is 13.0. The third kappa shape index (κ3) is 4.76. The lowest BCUT2D eigenvalue weighted by molar-refractivity contribution is -0.137. The summed E-state index contributed by atoms with van der Waals surface area (Å²) in [5.41, 5.74) is 0.157. The Bertz CT molecular complexity index is 1090. The van der Waals surface area contributed by atoms with Gasteiger partial charge in [0.1, 0.15) is 0 Å². The van der Waals surface area contributed by atoms with Crippen molar-refractivity contribution in [3.05, 3.63) is 71.4 Å². The van der Waals surface area contributed by atoms with E-state index in [9.17, 15) is 22.8 Å². The second kappa shape index (κ2) is 8.52. The van der Waals surface area contributed by atoms with E-state index in [1.807, 2.05) is 13.8 Å². The van der Waals surface area contributed by atoms with Gasteiger partial charge in [0.2, 0.25) is 0 Å². The molecule has 1 heterocycles. The lowest BCUT2D eigenvalue weighted by Crippen LogP contribution is -2.23. The summed E-state index contributed by atoms with van der Waals surface area (Å²) >= 11 is 0. The van der Waals surface area contributed by atoms with E-state index in [-0.39, 0.29) is 11.5 Å². The number of esters is 1. The first kappa shape index (κ1) is 21.3. The lowest BCUT2D eigenvalue weighted by Gasteiger charge is -2.14. The van der Waals surface area contributed by atoms with E-state index in [0.29, 0.717) is 16.6 Å². The van der Waals surface area contributed by atoms with Gasteiger partial charge in [-0.1, -0.05) is 44.2 Å². The molecule has 156 valence electrons. The normalized spacial score (nSPS) is 11.5. The fraction of sp³-hybridized carbons (Fsp3) is 0.227. The zero-order valence-corrected chi connectivity index (χ0v) is 16.3. The quantitative estimate of drug-likeness (QED) is 0.583. The first-order chi connectivity index (χ1) is 14.2. The van der Waals surface area contributed by atoms with Gasteiger partial charge in [-0.2, -0.15) is 13.2 Å². The number of carbonyl (C=O) groups is 2. The summed E-state index contributed by atoms with van der Waals surface area (Å²) in [6, 6.07) is 13.2. The summed E-state index contributed by atoms with van der Waals surface area (Å²) in [5.74, 6) is -1.57. The van der Waals surface area contributed by atoms with Crippen molar-refractivity contribution in [3.8, 4) is 0 Å². The number of benzene rings is 2. The van der Waals surface area contributed by atoms with Gasteiger partial charge in [-0.15, -0.1) is 0 Å². The molecule has 30 heavy (non-hydrogen) atoms. The molecule has 0 atom stereocenters. The predicted octanol–water partition coefficient (Wildman–Crippen LogP) is 5.17. The van der Waals surface area contributed by atoms with E-state index in [2.05, 4.69) is 10.3 Å². The van der Waals surface area contributed by atoms with Gasteiger partial charge in [-0.3, -0.25) is 9.78 Å². The highest BCUT2D eigenvalue weighted by molar-refractivity contribution is 6.04. The Labute approximate surface area is 170 Å². The fourth-order valence-electron chi connectivity index (χ4n) is 2.89. The molecule has 3 aromatic rings. The van der Waals surface area contributed by atoms with Crippen LogP contribution >= 0.6 is 0 Å². The number of halogens is 3. The molecule has 1 N–H and O–H groups in total. The maximum Gasteiger partial charge on any atom is 0.418 e. The van der Waals surface area contributed by atoms with Crippen LogP contribution in [0.25, 0.3) is 10.9 Å². The Kier molecular flexibility index (Phi) is 6.05. The van der Waals surface area contributed by atoms with Crippen LogP contribution in [0.5, 0.6) is 0 Å². The molecule has 0 radical (unpaired) electrons. The Balaban J connectivity index is 1.76. The number of nitrogens with one attached hydrogen (secondary N) is 1. The van der Waals surface area contributed by atoms with Crippen LogP contribution in [-0.2, 0) is 15.7 Å². The molecular weight excluding hydrogens is 397 g/mol. The predicted molar refractivity (Wildman–Crippen MR) is 106 cm³/mol. The van der Waals surface area contributed by atoms with Crippen molar-refractivity contribution in [2.24, 2.45) is 0 Å². The number of ether oxygens (including phenoxy) is 1. The largest absolute Gasteiger partial charge is 0.452 e. The van der Waals surface area contributed by atoms with Crippen molar-refractivity contribution in [1.29, 1.82) is 0 Å². The molecule has 0 aliphatic rings. The summed E-state index contributed by atoms with van der Waals surface area (Å²) in [7, 11) is 0. The number of rotatable bonds is 5. The van der Waals surface area contributed by atoms with E-state index in [1.54, 1.807) is 30.3 Å². The van der Waals surface area contributed by atoms with E-state index in [0.717, 1.165) is 12.1 Å². The van der Waals surface area contributed by atoms with Crippen LogP contribution in [0.1, 0.15) is 41.4 Å². The SMILES string of the molecule is CC(C)c1cc(C(=O)OCC(=O)Nc2ccccc2C(F)(F)F)c2ccccc2n1. The highest BCUT2D eigenvalue weighted by atomic mass is 19.4. The molecule has 3 rings (SSSR count). The van der Waals surface area contributed by atoms with Crippen LogP contribution in [-0.4, -0.2) is 23.5 Å². The summed E-state index contributed by atoms with van der Waals surface area (Å²) in [5, 5.41) is 2.71. The highest BCUT2D eigenvalue weighted by Crippen LogP contribution is 2.34. The molecule has 2 aromatic carbocycles. The number of amides is 1. The molecule has 5 nitrogen and oxygen atoms in total. The number of anilines is 1. The zero-order chi connectivity index (χ0) is 21.9. The number of nitrogens with zero attached hydrogens (tertiary/aromatic N) is 1. The number of hydrogen-bond acceptors (Lipinski definition) is 4. The highest BCUT2D eigenvalue weighted by Gasteiger charge is 2.33. The van der Waals surface area contributed by atoms with Gasteiger partial charge in [0.15, 0.2) is 6.61 Å². The van der Waals surface area contributed by atoms with Crippen LogP contribution in [0.4, 0.5) is 18.9 Å². The van der Waals surface area contributed by atoms with E-state index in [1.165, 1.54) is 12.1 Å². The Morgan fingerprint density at radius 2 is 1.73 bits per heavy atom. The van der Waals surface area contributed by atoms with Crippen molar-refractivity contribution in [2.75, 3.05) is 11.9 Å². The van der Waals surface area contributed by atoms with Crippen LogP contribution in [0.2, 0.25) is 0 Å². The van der Waals surface area contributed by atoms with Gasteiger partial charge in [0.05, 0.1) is 22.3 Å². The number of para-hydroxylation sites is 2. The molecular formula is C22H19F3N2O3. The molecule has 1 aromatic heterocycles. The molecule has 0 aliphatic carbocycles. The number of carbonyl (C=O) groups excluding carboxylic acids is 2. The van der Waals surface area contributed by atoms with Crippen molar-refractivity contribution >= 4 is 28.5 Å². The third-order valence-electron chi connectivity index (χ3n) is 4.39. The van der Waals surface area contributed by atoms with Crippen LogP contribution in [0.15, 0.2) is 54.6 Å². The van der Waals surface area contributed by atoms with E-state index >= 15 is 0 Å². The van der Waals surface area contributed by atoms with Crippen LogP contribution in [0.3, 0.4) is 0 Å². The molecule has 0 unspecified atom stereocenters. The summed E-state index contributed by atoms with van der Waals surface area (Å²) in [6.07, 6.45) is -4.62. The van der Waals surface area contributed by atoms with Gasteiger partial charge >= 0.3 is 12.1 Å². The van der Waals surface area contributed by atoms with Crippen molar-refractivity contribution in [2.45, 2.75) is 25.9 Å². The summed E-state index contributed by atoms with van der Waals surface area (Å²) in [4.78, 5) is 29.2. The number of alkyl halides is 3. The lowest BCUT2D eigenvalue weighted by atomic mass is 10.0. The molecule has 8 heteroatoms. The standard InChI is InChI=1S/C22H19F3N2O3/c1-13(2)19-11-15(14-7-3-5-9-17(14)26-19)21(29)30-12-20(28)27-18-10-6-4-8-16(18)22(23,24)25/h3-11,13H,12H2,1-2H3,(H,27,28). The molecule has 0 saturated carbocycles. The third-order valence-corrected chi connectivity index (χ3v) is 4.39. The molecule has 0 aliphatic heterocycles. The van der Waals surface area contributed by atoms with Gasteiger partial charge in [0, 0.05) is 11.1 Å². The Morgan fingerprint density at radius 1 is 1.07 bits per heavy atom. The minimum atomic E-state index is -4.62. The van der Waals surface area contributed by atoms with Gasteiger partial charge < -0.3 is 10.1 Å². The first-order valence-corrected chi connectivity index (χ1v) is 9.19. The van der Waals surface area contributed by atoms with Crippen molar-refractivity contribution in [3.63, 3.8) is 0 Å². The first-order valence-electron chi connectivity index (χ1n) is 9.19. The molecule has 0 saturated heterocycles. The Hall–Kier alpha value is -3.42. The van der Waals surface area contributed by atoms with Crippen molar-refractivity contribution in [1.82, 2.24) is 4.98 Å². The Morgan fingerprint density at radius 3 is 2.43 bits per heavy atom. The smallest absolute Gasteiger partial charge is 0.418 e. The number of hydrogen-bond donors (Lipinski definition) is 1. The van der Waals surface area contributed by atoms with Gasteiger partial charge in [-0.25, -0.2) is 4.79 Å². The second-order valence-corrected chi connectivity index (χ2v) is 6.93.